The second-order valence-electron chi connectivity index (χ2n) is 3.64. The van der Waals surface area contributed by atoms with E-state index in [2.05, 4.69) is 10.3 Å². The average Bonchev–Trinajstić information content (AvgIpc) is 2.39. The SMILES string of the molecule is O=C(Nc1ccccc1S(=O)(=O)O)c1ccccn1. The van der Waals surface area contributed by atoms with Crippen molar-refractivity contribution in [3.63, 3.8) is 0 Å². The second kappa shape index (κ2) is 5.17. The molecule has 0 unspecified atom stereocenters. The van der Waals surface area contributed by atoms with Crippen molar-refractivity contribution in [3.8, 4) is 0 Å². The van der Waals surface area contributed by atoms with E-state index in [0.717, 1.165) is 0 Å². The Hall–Kier alpha value is -2.25. The number of anilines is 1. The molecule has 1 aromatic carbocycles. The molecule has 2 aromatic rings. The number of rotatable bonds is 3. The Morgan fingerprint density at radius 1 is 1.11 bits per heavy atom. The lowest BCUT2D eigenvalue weighted by atomic mass is 10.3. The van der Waals surface area contributed by atoms with Crippen molar-refractivity contribution in [1.29, 1.82) is 0 Å². The van der Waals surface area contributed by atoms with Crippen LogP contribution in [-0.2, 0) is 10.1 Å². The monoisotopic (exact) mass is 278 g/mol. The summed E-state index contributed by atoms with van der Waals surface area (Å²) in [6.07, 6.45) is 1.45. The zero-order valence-corrected chi connectivity index (χ0v) is 10.5. The van der Waals surface area contributed by atoms with Gasteiger partial charge in [-0.2, -0.15) is 8.42 Å². The van der Waals surface area contributed by atoms with E-state index in [1.165, 1.54) is 30.5 Å². The third kappa shape index (κ3) is 3.15. The van der Waals surface area contributed by atoms with Crippen molar-refractivity contribution < 1.29 is 17.8 Å². The lowest BCUT2D eigenvalue weighted by molar-refractivity contribution is 0.102. The quantitative estimate of drug-likeness (QED) is 0.831. The molecule has 0 spiro atoms. The lowest BCUT2D eigenvalue weighted by Gasteiger charge is -2.08. The molecule has 98 valence electrons. The van der Waals surface area contributed by atoms with Gasteiger partial charge in [0.15, 0.2) is 0 Å². The molecule has 2 N–H and O–H groups in total. The number of pyridine rings is 1. The summed E-state index contributed by atoms with van der Waals surface area (Å²) < 4.78 is 31.4. The fourth-order valence-corrected chi connectivity index (χ4v) is 2.13. The van der Waals surface area contributed by atoms with Gasteiger partial charge in [-0.05, 0) is 24.3 Å². The molecule has 0 saturated heterocycles. The highest BCUT2D eigenvalue weighted by molar-refractivity contribution is 7.86. The second-order valence-corrected chi connectivity index (χ2v) is 5.03. The minimum Gasteiger partial charge on any atom is -0.319 e. The number of nitrogens with zero attached hydrogens (tertiary/aromatic N) is 1. The van der Waals surface area contributed by atoms with Crippen molar-refractivity contribution >= 4 is 21.7 Å². The van der Waals surface area contributed by atoms with Crippen LogP contribution in [0, 0.1) is 0 Å². The van der Waals surface area contributed by atoms with Crippen molar-refractivity contribution in [3.05, 3.63) is 54.4 Å². The molecule has 2 rings (SSSR count). The van der Waals surface area contributed by atoms with Gasteiger partial charge in [-0.3, -0.25) is 14.3 Å². The van der Waals surface area contributed by atoms with Crippen LogP contribution < -0.4 is 5.32 Å². The van der Waals surface area contributed by atoms with Gasteiger partial charge in [-0.1, -0.05) is 18.2 Å². The van der Waals surface area contributed by atoms with Crippen LogP contribution in [0.25, 0.3) is 0 Å². The number of aromatic nitrogens is 1. The highest BCUT2D eigenvalue weighted by Crippen LogP contribution is 2.20. The average molecular weight is 278 g/mol. The number of benzene rings is 1. The van der Waals surface area contributed by atoms with Crippen LogP contribution >= 0.6 is 0 Å². The first-order valence-electron chi connectivity index (χ1n) is 5.27. The Morgan fingerprint density at radius 2 is 1.79 bits per heavy atom. The fourth-order valence-electron chi connectivity index (χ4n) is 1.48. The molecular weight excluding hydrogens is 268 g/mol. The number of hydrogen-bond donors (Lipinski definition) is 2. The molecule has 0 aliphatic rings. The third-order valence-corrected chi connectivity index (χ3v) is 3.22. The largest absolute Gasteiger partial charge is 0.319 e. The molecule has 0 bridgehead atoms. The minimum atomic E-state index is -4.40. The molecule has 0 fully saturated rings. The highest BCUT2D eigenvalue weighted by atomic mass is 32.2. The summed E-state index contributed by atoms with van der Waals surface area (Å²) in [6, 6.07) is 10.3. The van der Waals surface area contributed by atoms with E-state index < -0.39 is 16.0 Å². The normalized spacial score (nSPS) is 11.0. The molecule has 0 aliphatic heterocycles. The predicted octanol–water partition coefficient (Wildman–Crippen LogP) is 1.58. The number of para-hydroxylation sites is 1. The molecule has 6 nitrogen and oxygen atoms in total. The fraction of sp³-hybridized carbons (Fsp3) is 0. The molecule has 0 radical (unpaired) electrons. The molecule has 0 aliphatic carbocycles. The number of carbonyl (C=O) groups is 1. The first-order chi connectivity index (χ1) is 8.98. The Kier molecular flexibility index (Phi) is 3.59. The van der Waals surface area contributed by atoms with Gasteiger partial charge in [-0.25, -0.2) is 0 Å². The van der Waals surface area contributed by atoms with Crippen LogP contribution in [0.15, 0.2) is 53.6 Å². The van der Waals surface area contributed by atoms with Crippen LogP contribution in [0.5, 0.6) is 0 Å². The van der Waals surface area contributed by atoms with E-state index in [1.54, 1.807) is 18.2 Å². The summed E-state index contributed by atoms with van der Waals surface area (Å²) in [5.41, 5.74) is 0.147. The van der Waals surface area contributed by atoms with E-state index >= 15 is 0 Å². The van der Waals surface area contributed by atoms with E-state index in [1.807, 2.05) is 0 Å². The minimum absolute atomic E-state index is 0.000605. The van der Waals surface area contributed by atoms with Gasteiger partial charge in [-0.15, -0.1) is 0 Å². The highest BCUT2D eigenvalue weighted by Gasteiger charge is 2.17. The van der Waals surface area contributed by atoms with E-state index in [4.69, 9.17) is 4.55 Å². The van der Waals surface area contributed by atoms with Crippen LogP contribution in [0.3, 0.4) is 0 Å². The first kappa shape index (κ1) is 13.2. The summed E-state index contributed by atoms with van der Waals surface area (Å²) in [5, 5.41) is 2.39. The first-order valence-corrected chi connectivity index (χ1v) is 6.71. The van der Waals surface area contributed by atoms with E-state index in [-0.39, 0.29) is 16.3 Å². The maximum absolute atomic E-state index is 11.8. The molecule has 0 atom stereocenters. The van der Waals surface area contributed by atoms with Crippen LogP contribution in [0.4, 0.5) is 5.69 Å². The molecule has 0 saturated carbocycles. The maximum Gasteiger partial charge on any atom is 0.296 e. The smallest absolute Gasteiger partial charge is 0.296 e. The van der Waals surface area contributed by atoms with Gasteiger partial charge >= 0.3 is 0 Å². The van der Waals surface area contributed by atoms with Crippen molar-refractivity contribution in [1.82, 2.24) is 4.98 Å². The zero-order valence-electron chi connectivity index (χ0n) is 9.65. The summed E-state index contributed by atoms with van der Waals surface area (Å²) in [7, 11) is -4.40. The molecule has 19 heavy (non-hydrogen) atoms. The molecule has 1 amide bonds. The van der Waals surface area contributed by atoms with Gasteiger partial charge in [0, 0.05) is 6.20 Å². The topological polar surface area (TPSA) is 96.4 Å². The van der Waals surface area contributed by atoms with Crippen molar-refractivity contribution in [2.75, 3.05) is 5.32 Å². The Bertz CT molecular complexity index is 699. The lowest BCUT2D eigenvalue weighted by Crippen LogP contribution is -2.15. The predicted molar refractivity (Wildman–Crippen MR) is 68.4 cm³/mol. The summed E-state index contributed by atoms with van der Waals surface area (Å²) in [4.78, 5) is 15.3. The van der Waals surface area contributed by atoms with E-state index in [9.17, 15) is 13.2 Å². The molecule has 7 heteroatoms. The van der Waals surface area contributed by atoms with E-state index in [0.29, 0.717) is 0 Å². The van der Waals surface area contributed by atoms with Crippen LogP contribution in [-0.4, -0.2) is 23.9 Å². The van der Waals surface area contributed by atoms with Crippen molar-refractivity contribution in [2.24, 2.45) is 0 Å². The van der Waals surface area contributed by atoms with Crippen molar-refractivity contribution in [2.45, 2.75) is 4.90 Å². The number of carbonyl (C=O) groups excluding carboxylic acids is 1. The number of hydrogen-bond acceptors (Lipinski definition) is 4. The summed E-state index contributed by atoms with van der Waals surface area (Å²) in [5.74, 6) is -0.559. The third-order valence-electron chi connectivity index (χ3n) is 2.31. The Balaban J connectivity index is 2.33. The zero-order chi connectivity index (χ0) is 13.9. The van der Waals surface area contributed by atoms with Gasteiger partial charge in [0.2, 0.25) is 0 Å². The Labute approximate surface area is 109 Å². The van der Waals surface area contributed by atoms with Gasteiger partial charge in [0.25, 0.3) is 16.0 Å². The van der Waals surface area contributed by atoms with Gasteiger partial charge < -0.3 is 5.32 Å². The van der Waals surface area contributed by atoms with Crippen LogP contribution in [0.2, 0.25) is 0 Å². The summed E-state index contributed by atoms with van der Waals surface area (Å²) in [6.45, 7) is 0. The molecule has 1 aromatic heterocycles. The van der Waals surface area contributed by atoms with Gasteiger partial charge in [0.05, 0.1) is 5.69 Å². The Morgan fingerprint density at radius 3 is 2.42 bits per heavy atom. The maximum atomic E-state index is 11.8. The standard InChI is InChI=1S/C12H10N2O4S/c15-12(10-6-3-4-8-13-10)14-9-5-1-2-7-11(9)19(16,17)18/h1-8H,(H,14,15)(H,16,17,18). The summed E-state index contributed by atoms with van der Waals surface area (Å²) >= 11 is 0. The van der Waals surface area contributed by atoms with Gasteiger partial charge in [0.1, 0.15) is 10.6 Å². The number of nitrogens with one attached hydrogen (secondary N) is 1. The molecular formula is C12H10N2O4S. The molecule has 1 heterocycles. The number of amides is 1. The van der Waals surface area contributed by atoms with Crippen LogP contribution in [0.1, 0.15) is 10.5 Å².